The van der Waals surface area contributed by atoms with Crippen molar-refractivity contribution in [3.05, 3.63) is 53.8 Å². The van der Waals surface area contributed by atoms with Crippen LogP contribution in [0.15, 0.2) is 36.4 Å². The number of nitrogens with zero attached hydrogens (tertiary/aromatic N) is 2. The van der Waals surface area contributed by atoms with Gasteiger partial charge in [-0.2, -0.15) is 0 Å². The zero-order valence-corrected chi connectivity index (χ0v) is 15.7. The maximum Gasteiger partial charge on any atom is 0.322 e. The number of para-hydroxylation sites is 2. The van der Waals surface area contributed by atoms with Gasteiger partial charge in [-0.25, -0.2) is 18.0 Å². The highest BCUT2D eigenvalue weighted by Crippen LogP contribution is 2.30. The minimum absolute atomic E-state index is 0.0409. The van der Waals surface area contributed by atoms with E-state index in [1.807, 2.05) is 38.1 Å². The number of rotatable bonds is 4. The Morgan fingerprint density at radius 3 is 2.36 bits per heavy atom. The van der Waals surface area contributed by atoms with Crippen molar-refractivity contribution in [1.29, 1.82) is 0 Å². The zero-order valence-electron chi connectivity index (χ0n) is 15.7. The van der Waals surface area contributed by atoms with E-state index in [0.29, 0.717) is 26.2 Å². The summed E-state index contributed by atoms with van der Waals surface area (Å²) in [6.07, 6.45) is 0.0409. The summed E-state index contributed by atoms with van der Waals surface area (Å²) in [6.45, 7) is 5.82. The second-order valence-corrected chi connectivity index (χ2v) is 6.76. The molecule has 1 heterocycles. The summed E-state index contributed by atoms with van der Waals surface area (Å²) in [5.74, 6) is -3.54. The van der Waals surface area contributed by atoms with Crippen LogP contribution in [0.4, 0.5) is 29.3 Å². The third-order valence-electron chi connectivity index (χ3n) is 4.41. The summed E-state index contributed by atoms with van der Waals surface area (Å²) in [5.41, 5.74) is 0.560. The zero-order chi connectivity index (χ0) is 20.3. The highest BCUT2D eigenvalue weighted by Gasteiger charge is 2.24. The smallest absolute Gasteiger partial charge is 0.322 e. The van der Waals surface area contributed by atoms with E-state index in [1.54, 1.807) is 0 Å². The Bertz CT molecular complexity index is 853. The topological polar surface area (TPSA) is 44.8 Å². The summed E-state index contributed by atoms with van der Waals surface area (Å²) in [6, 6.07) is 8.91. The van der Waals surface area contributed by atoms with E-state index in [1.165, 1.54) is 4.90 Å². The Kier molecular flexibility index (Phi) is 5.96. The van der Waals surface area contributed by atoms with Gasteiger partial charge in [0.05, 0.1) is 17.5 Å². The number of ether oxygens (including phenoxy) is 1. The Morgan fingerprint density at radius 2 is 1.68 bits per heavy atom. The number of hydrogen-bond donors (Lipinski definition) is 1. The lowest BCUT2D eigenvalue weighted by atomic mass is 10.2. The monoisotopic (exact) mass is 393 g/mol. The molecule has 0 bridgehead atoms. The highest BCUT2D eigenvalue weighted by molar-refractivity contribution is 5.89. The summed E-state index contributed by atoms with van der Waals surface area (Å²) in [5, 5.41) is 2.30. The Labute approximate surface area is 161 Å². The van der Waals surface area contributed by atoms with E-state index in [4.69, 9.17) is 4.74 Å². The van der Waals surface area contributed by atoms with Crippen molar-refractivity contribution < 1.29 is 22.7 Å². The molecule has 150 valence electrons. The molecule has 0 radical (unpaired) electrons. The predicted molar refractivity (Wildman–Crippen MR) is 101 cm³/mol. The SMILES string of the molecule is CC(C)Oc1ccccc1N1CCN(C(=O)Nc2ccc(F)c(F)c2F)CC1. The number of anilines is 2. The number of urea groups is 1. The van der Waals surface area contributed by atoms with E-state index in [-0.39, 0.29) is 11.8 Å². The molecule has 0 atom stereocenters. The molecule has 0 aromatic heterocycles. The molecule has 1 fully saturated rings. The van der Waals surface area contributed by atoms with Crippen molar-refractivity contribution in [2.75, 3.05) is 36.4 Å². The number of piperazine rings is 1. The van der Waals surface area contributed by atoms with Crippen LogP contribution in [0.2, 0.25) is 0 Å². The first-order valence-electron chi connectivity index (χ1n) is 9.07. The van der Waals surface area contributed by atoms with E-state index in [2.05, 4.69) is 10.2 Å². The Morgan fingerprint density at radius 1 is 1.00 bits per heavy atom. The van der Waals surface area contributed by atoms with Crippen molar-refractivity contribution in [2.24, 2.45) is 0 Å². The van der Waals surface area contributed by atoms with Crippen LogP contribution in [0.25, 0.3) is 0 Å². The van der Waals surface area contributed by atoms with Crippen LogP contribution in [-0.2, 0) is 0 Å². The van der Waals surface area contributed by atoms with Gasteiger partial charge in [-0.3, -0.25) is 0 Å². The van der Waals surface area contributed by atoms with Gasteiger partial charge in [0.25, 0.3) is 0 Å². The number of benzene rings is 2. The highest BCUT2D eigenvalue weighted by atomic mass is 19.2. The maximum atomic E-state index is 13.8. The van der Waals surface area contributed by atoms with E-state index in [9.17, 15) is 18.0 Å². The normalized spacial score (nSPS) is 14.4. The fourth-order valence-electron chi connectivity index (χ4n) is 3.04. The fourth-order valence-corrected chi connectivity index (χ4v) is 3.04. The minimum Gasteiger partial charge on any atom is -0.489 e. The van der Waals surface area contributed by atoms with Gasteiger partial charge in [-0.05, 0) is 38.1 Å². The molecular formula is C20H22F3N3O2. The first kappa shape index (κ1) is 19.9. The maximum absolute atomic E-state index is 13.8. The molecule has 5 nitrogen and oxygen atoms in total. The summed E-state index contributed by atoms with van der Waals surface area (Å²) < 4.78 is 45.9. The number of nitrogens with one attached hydrogen (secondary N) is 1. The minimum atomic E-state index is -1.61. The molecule has 1 aliphatic rings. The molecule has 8 heteroatoms. The van der Waals surface area contributed by atoms with Crippen molar-refractivity contribution in [1.82, 2.24) is 4.90 Å². The van der Waals surface area contributed by atoms with Crippen LogP contribution in [0, 0.1) is 17.5 Å². The lowest BCUT2D eigenvalue weighted by molar-refractivity contribution is 0.207. The average Bonchev–Trinajstić information content (AvgIpc) is 2.68. The van der Waals surface area contributed by atoms with Gasteiger partial charge in [0.15, 0.2) is 17.5 Å². The summed E-state index contributed by atoms with van der Waals surface area (Å²) in [7, 11) is 0. The van der Waals surface area contributed by atoms with E-state index >= 15 is 0 Å². The first-order chi connectivity index (χ1) is 13.4. The van der Waals surface area contributed by atoms with Crippen LogP contribution in [0.1, 0.15) is 13.8 Å². The number of halogens is 3. The van der Waals surface area contributed by atoms with Crippen LogP contribution >= 0.6 is 0 Å². The first-order valence-corrected chi connectivity index (χ1v) is 9.07. The second kappa shape index (κ2) is 8.41. The van der Waals surface area contributed by atoms with Crippen molar-refractivity contribution in [2.45, 2.75) is 20.0 Å². The lowest BCUT2D eigenvalue weighted by Crippen LogP contribution is -2.50. The van der Waals surface area contributed by atoms with Crippen molar-refractivity contribution >= 4 is 17.4 Å². The van der Waals surface area contributed by atoms with Crippen molar-refractivity contribution in [3.63, 3.8) is 0 Å². The number of hydrogen-bond acceptors (Lipinski definition) is 3. The molecule has 1 N–H and O–H groups in total. The van der Waals surface area contributed by atoms with Gasteiger partial charge >= 0.3 is 6.03 Å². The fraction of sp³-hybridized carbons (Fsp3) is 0.350. The average molecular weight is 393 g/mol. The van der Waals surface area contributed by atoms with Crippen LogP contribution in [0.3, 0.4) is 0 Å². The summed E-state index contributed by atoms with van der Waals surface area (Å²) >= 11 is 0. The third kappa shape index (κ3) is 4.32. The Balaban J connectivity index is 1.63. The van der Waals surface area contributed by atoms with Gasteiger partial charge in [-0.1, -0.05) is 12.1 Å². The van der Waals surface area contributed by atoms with E-state index in [0.717, 1.165) is 23.6 Å². The van der Waals surface area contributed by atoms with E-state index < -0.39 is 23.5 Å². The molecule has 2 aromatic rings. The number of carbonyl (C=O) groups is 1. The molecule has 1 saturated heterocycles. The third-order valence-corrected chi connectivity index (χ3v) is 4.41. The predicted octanol–water partition coefficient (Wildman–Crippen LogP) is 4.25. The standard InChI is InChI=1S/C20H22F3N3O2/c1-13(2)28-17-6-4-3-5-16(17)25-9-11-26(12-10-25)20(27)24-15-8-7-14(21)18(22)19(15)23/h3-8,13H,9-12H2,1-2H3,(H,24,27). The van der Waals surface area contributed by atoms with Gasteiger partial charge in [0.2, 0.25) is 0 Å². The quantitative estimate of drug-likeness (QED) is 0.790. The Hall–Kier alpha value is -2.90. The summed E-state index contributed by atoms with van der Waals surface area (Å²) in [4.78, 5) is 16.0. The lowest BCUT2D eigenvalue weighted by Gasteiger charge is -2.36. The number of carbonyl (C=O) groups excluding carboxylic acids is 1. The molecular weight excluding hydrogens is 371 g/mol. The molecule has 1 aliphatic heterocycles. The van der Waals surface area contributed by atoms with Gasteiger partial charge in [0.1, 0.15) is 5.75 Å². The molecule has 0 unspecified atom stereocenters. The molecule has 0 spiro atoms. The molecule has 0 saturated carbocycles. The van der Waals surface area contributed by atoms with Crippen LogP contribution < -0.4 is 15.0 Å². The largest absolute Gasteiger partial charge is 0.489 e. The van der Waals surface area contributed by atoms with Crippen LogP contribution in [-0.4, -0.2) is 43.2 Å². The number of amides is 2. The molecule has 0 aliphatic carbocycles. The molecule has 28 heavy (non-hydrogen) atoms. The molecule has 3 rings (SSSR count). The molecule has 2 aromatic carbocycles. The van der Waals surface area contributed by atoms with Crippen molar-refractivity contribution in [3.8, 4) is 5.75 Å². The molecule has 2 amide bonds. The van der Waals surface area contributed by atoms with Crippen LogP contribution in [0.5, 0.6) is 5.75 Å². The second-order valence-electron chi connectivity index (χ2n) is 6.76. The van der Waals surface area contributed by atoms with Gasteiger partial charge < -0.3 is 19.9 Å². The van der Waals surface area contributed by atoms with Gasteiger partial charge in [0, 0.05) is 26.2 Å². The van der Waals surface area contributed by atoms with Gasteiger partial charge in [-0.15, -0.1) is 0 Å².